The van der Waals surface area contributed by atoms with Crippen LogP contribution in [-0.4, -0.2) is 32.8 Å². The summed E-state index contributed by atoms with van der Waals surface area (Å²) in [4.78, 5) is 11.8. The van der Waals surface area contributed by atoms with Crippen molar-refractivity contribution >= 4 is 15.9 Å². The predicted octanol–water partition coefficient (Wildman–Crippen LogP) is 1.45. The summed E-state index contributed by atoms with van der Waals surface area (Å²) in [6, 6.07) is 4.67. The lowest BCUT2D eigenvalue weighted by Gasteiger charge is -2.22. The second-order valence-electron chi connectivity index (χ2n) is 4.71. The number of ether oxygens (including phenoxy) is 1. The maximum absolute atomic E-state index is 12.7. The smallest absolute Gasteiger partial charge is 0.264 e. The van der Waals surface area contributed by atoms with Gasteiger partial charge in [-0.3, -0.25) is 4.79 Å². The molecule has 1 aromatic carbocycles. The number of nitrogens with one attached hydrogen (secondary N) is 1. The van der Waals surface area contributed by atoms with E-state index in [9.17, 15) is 17.6 Å². The SMILES string of the molecule is O=C(NS(=O)(=O)C[C@@H]1CCCCO1)c1ccc(F)cc1. The van der Waals surface area contributed by atoms with Crippen LogP contribution >= 0.6 is 0 Å². The lowest BCUT2D eigenvalue weighted by molar-refractivity contribution is 0.0304. The number of amides is 1. The molecule has 1 heterocycles. The van der Waals surface area contributed by atoms with Gasteiger partial charge in [0.25, 0.3) is 5.91 Å². The van der Waals surface area contributed by atoms with Gasteiger partial charge in [0.1, 0.15) is 5.82 Å². The average Bonchev–Trinajstić information content (AvgIpc) is 2.39. The number of sulfonamides is 1. The molecule has 2 rings (SSSR count). The molecule has 5 nitrogen and oxygen atoms in total. The third-order valence-corrected chi connectivity index (χ3v) is 4.34. The Morgan fingerprint density at radius 3 is 2.60 bits per heavy atom. The monoisotopic (exact) mass is 301 g/mol. The fourth-order valence-corrected chi connectivity index (χ4v) is 3.26. The summed E-state index contributed by atoms with van der Waals surface area (Å²) >= 11 is 0. The summed E-state index contributed by atoms with van der Waals surface area (Å²) in [7, 11) is -3.76. The van der Waals surface area contributed by atoms with Gasteiger partial charge in [0.05, 0.1) is 11.9 Å². The Bertz CT molecular complexity index is 565. The third-order valence-electron chi connectivity index (χ3n) is 3.03. The predicted molar refractivity (Wildman–Crippen MR) is 71.2 cm³/mol. The molecule has 0 aromatic heterocycles. The highest BCUT2D eigenvalue weighted by molar-refractivity contribution is 7.90. The number of rotatable bonds is 4. The van der Waals surface area contributed by atoms with Crippen LogP contribution < -0.4 is 4.72 Å². The second-order valence-corrected chi connectivity index (χ2v) is 6.48. The van der Waals surface area contributed by atoms with Crippen LogP contribution in [0.4, 0.5) is 4.39 Å². The number of carbonyl (C=O) groups is 1. The first-order valence-electron chi connectivity index (χ1n) is 6.38. The lowest BCUT2D eigenvalue weighted by atomic mass is 10.1. The summed E-state index contributed by atoms with van der Waals surface area (Å²) in [6.45, 7) is 0.548. The molecule has 1 atom stereocenters. The van der Waals surface area contributed by atoms with E-state index in [1.54, 1.807) is 0 Å². The van der Waals surface area contributed by atoms with Crippen molar-refractivity contribution in [1.29, 1.82) is 0 Å². The minimum Gasteiger partial charge on any atom is -0.377 e. The van der Waals surface area contributed by atoms with Crippen molar-refractivity contribution in [3.05, 3.63) is 35.6 Å². The van der Waals surface area contributed by atoms with Crippen molar-refractivity contribution in [2.24, 2.45) is 0 Å². The molecule has 1 fully saturated rings. The van der Waals surface area contributed by atoms with Gasteiger partial charge >= 0.3 is 0 Å². The molecule has 0 bridgehead atoms. The topological polar surface area (TPSA) is 72.5 Å². The van der Waals surface area contributed by atoms with Gasteiger partial charge < -0.3 is 4.74 Å². The summed E-state index contributed by atoms with van der Waals surface area (Å²) < 4.78 is 43.8. The average molecular weight is 301 g/mol. The lowest BCUT2D eigenvalue weighted by Crippen LogP contribution is -2.38. The van der Waals surface area contributed by atoms with Gasteiger partial charge in [0.2, 0.25) is 10.0 Å². The zero-order valence-electron chi connectivity index (χ0n) is 10.8. The minimum absolute atomic E-state index is 0.0968. The van der Waals surface area contributed by atoms with E-state index in [2.05, 4.69) is 0 Å². The maximum atomic E-state index is 12.7. The zero-order valence-corrected chi connectivity index (χ0v) is 11.7. The van der Waals surface area contributed by atoms with E-state index in [1.165, 1.54) is 12.1 Å². The van der Waals surface area contributed by atoms with Gasteiger partial charge in [0, 0.05) is 12.2 Å². The van der Waals surface area contributed by atoms with Gasteiger partial charge in [-0.15, -0.1) is 0 Å². The van der Waals surface area contributed by atoms with Crippen LogP contribution in [0.3, 0.4) is 0 Å². The number of hydrogen-bond donors (Lipinski definition) is 1. The highest BCUT2D eigenvalue weighted by atomic mass is 32.2. The Kier molecular flexibility index (Phi) is 4.72. The Balaban J connectivity index is 1.96. The Labute approximate surface area is 117 Å². The second kappa shape index (κ2) is 6.32. The molecular formula is C13H16FNO4S. The molecule has 0 spiro atoms. The van der Waals surface area contributed by atoms with E-state index in [-0.39, 0.29) is 17.4 Å². The fraction of sp³-hybridized carbons (Fsp3) is 0.462. The van der Waals surface area contributed by atoms with Crippen LogP contribution in [0.1, 0.15) is 29.6 Å². The largest absolute Gasteiger partial charge is 0.377 e. The van der Waals surface area contributed by atoms with E-state index in [1.807, 2.05) is 4.72 Å². The number of benzene rings is 1. The van der Waals surface area contributed by atoms with Gasteiger partial charge in [-0.1, -0.05) is 0 Å². The zero-order chi connectivity index (χ0) is 14.6. The summed E-state index contributed by atoms with van der Waals surface area (Å²) in [5.74, 6) is -1.49. The van der Waals surface area contributed by atoms with Crippen molar-refractivity contribution in [1.82, 2.24) is 4.72 Å². The minimum atomic E-state index is -3.76. The van der Waals surface area contributed by atoms with Crippen LogP contribution in [-0.2, 0) is 14.8 Å². The van der Waals surface area contributed by atoms with Gasteiger partial charge in [-0.2, -0.15) is 0 Å². The molecule has 7 heteroatoms. The van der Waals surface area contributed by atoms with Crippen molar-refractivity contribution in [3.63, 3.8) is 0 Å². The standard InChI is InChI=1S/C13H16FNO4S/c14-11-6-4-10(5-7-11)13(16)15-20(17,18)9-12-3-1-2-8-19-12/h4-7,12H,1-3,8-9H2,(H,15,16)/t12-/m0/s1. The maximum Gasteiger partial charge on any atom is 0.264 e. The van der Waals surface area contributed by atoms with Crippen molar-refractivity contribution in [2.75, 3.05) is 12.4 Å². The molecule has 0 unspecified atom stereocenters. The normalized spacial score (nSPS) is 19.6. The van der Waals surface area contributed by atoms with Crippen LogP contribution in [0.15, 0.2) is 24.3 Å². The van der Waals surface area contributed by atoms with Crippen molar-refractivity contribution in [3.8, 4) is 0 Å². The molecule has 20 heavy (non-hydrogen) atoms. The Hall–Kier alpha value is -1.47. The summed E-state index contributed by atoms with van der Waals surface area (Å²) in [5, 5.41) is 0. The first kappa shape index (κ1) is 14.9. The van der Waals surface area contributed by atoms with Crippen LogP contribution in [0.2, 0.25) is 0 Å². The Morgan fingerprint density at radius 1 is 1.30 bits per heavy atom. The third kappa shape index (κ3) is 4.28. The van der Waals surface area contributed by atoms with Crippen molar-refractivity contribution in [2.45, 2.75) is 25.4 Å². The molecule has 1 saturated heterocycles. The number of hydrogen-bond acceptors (Lipinski definition) is 4. The fourth-order valence-electron chi connectivity index (χ4n) is 2.03. The number of carbonyl (C=O) groups excluding carboxylic acids is 1. The molecule has 1 amide bonds. The summed E-state index contributed by atoms with van der Waals surface area (Å²) in [6.07, 6.45) is 2.15. The first-order chi connectivity index (χ1) is 9.46. The molecule has 0 radical (unpaired) electrons. The van der Waals surface area contributed by atoms with Gasteiger partial charge in [0.15, 0.2) is 0 Å². The van der Waals surface area contributed by atoms with E-state index >= 15 is 0 Å². The molecule has 110 valence electrons. The Morgan fingerprint density at radius 2 is 2.00 bits per heavy atom. The van der Waals surface area contributed by atoms with E-state index < -0.39 is 21.7 Å². The van der Waals surface area contributed by atoms with E-state index in [0.29, 0.717) is 13.0 Å². The molecule has 1 aliphatic rings. The molecule has 1 aliphatic heterocycles. The van der Waals surface area contributed by atoms with E-state index in [0.717, 1.165) is 25.0 Å². The highest BCUT2D eigenvalue weighted by Gasteiger charge is 2.24. The molecule has 0 aliphatic carbocycles. The molecule has 1 N–H and O–H groups in total. The first-order valence-corrected chi connectivity index (χ1v) is 8.03. The van der Waals surface area contributed by atoms with Gasteiger partial charge in [-0.05, 0) is 43.5 Å². The number of halogens is 1. The van der Waals surface area contributed by atoms with E-state index in [4.69, 9.17) is 4.74 Å². The van der Waals surface area contributed by atoms with Crippen molar-refractivity contribution < 1.29 is 22.3 Å². The summed E-state index contributed by atoms with van der Waals surface area (Å²) in [5.41, 5.74) is 0.0968. The highest BCUT2D eigenvalue weighted by Crippen LogP contribution is 2.14. The van der Waals surface area contributed by atoms with Crippen LogP contribution in [0, 0.1) is 5.82 Å². The van der Waals surface area contributed by atoms with Gasteiger partial charge in [-0.25, -0.2) is 17.5 Å². The van der Waals surface area contributed by atoms with Crippen LogP contribution in [0.25, 0.3) is 0 Å². The molecule has 0 saturated carbocycles. The van der Waals surface area contributed by atoms with Crippen LogP contribution in [0.5, 0.6) is 0 Å². The molecular weight excluding hydrogens is 285 g/mol. The molecule has 1 aromatic rings. The quantitative estimate of drug-likeness (QED) is 0.913.